The monoisotopic (exact) mass is 189 g/mol. The van der Waals surface area contributed by atoms with E-state index in [-0.39, 0.29) is 18.6 Å². The van der Waals surface area contributed by atoms with E-state index in [0.717, 1.165) is 6.42 Å². The number of carboxylic acid groups (broad SMARTS) is 1. The van der Waals surface area contributed by atoms with Crippen LogP contribution in [0.1, 0.15) is 33.1 Å². The number of carboxylic acids is 1. The van der Waals surface area contributed by atoms with E-state index in [1.165, 1.54) is 0 Å². The van der Waals surface area contributed by atoms with Crippen LogP contribution in [0, 0.1) is 0 Å². The molecule has 0 fully saturated rings. The molecule has 0 aromatic rings. The lowest BCUT2D eigenvalue weighted by molar-refractivity contribution is -0.137. The van der Waals surface area contributed by atoms with Gasteiger partial charge in [0.05, 0.1) is 6.10 Å². The van der Waals surface area contributed by atoms with Crippen molar-refractivity contribution < 1.29 is 15.0 Å². The highest BCUT2D eigenvalue weighted by Gasteiger charge is 2.06. The Morgan fingerprint density at radius 3 is 2.62 bits per heavy atom. The zero-order chi connectivity index (χ0) is 10.3. The Labute approximate surface area is 79.0 Å². The summed E-state index contributed by atoms with van der Waals surface area (Å²) in [7, 11) is 0. The number of hydrogen-bond acceptors (Lipinski definition) is 3. The van der Waals surface area contributed by atoms with Crippen LogP contribution in [-0.2, 0) is 4.79 Å². The topological polar surface area (TPSA) is 69.6 Å². The van der Waals surface area contributed by atoms with E-state index in [1.54, 1.807) is 0 Å². The molecular weight excluding hydrogens is 170 g/mol. The molecule has 4 heteroatoms. The molecule has 0 rings (SSSR count). The third-order valence-electron chi connectivity index (χ3n) is 1.96. The van der Waals surface area contributed by atoms with Gasteiger partial charge >= 0.3 is 5.97 Å². The van der Waals surface area contributed by atoms with E-state index in [9.17, 15) is 9.90 Å². The fourth-order valence-electron chi connectivity index (χ4n) is 0.924. The number of carbonyl (C=O) groups is 1. The van der Waals surface area contributed by atoms with Crippen LogP contribution in [0.15, 0.2) is 0 Å². The second kappa shape index (κ2) is 6.86. The van der Waals surface area contributed by atoms with E-state index in [4.69, 9.17) is 5.11 Å². The minimum absolute atomic E-state index is 0.150. The molecular formula is C9H19NO3. The number of hydrogen-bond donors (Lipinski definition) is 3. The summed E-state index contributed by atoms with van der Waals surface area (Å²) in [4.78, 5) is 10.2. The summed E-state index contributed by atoms with van der Waals surface area (Å²) < 4.78 is 0. The van der Waals surface area contributed by atoms with Gasteiger partial charge in [-0.15, -0.1) is 0 Å². The third kappa shape index (κ3) is 7.74. The van der Waals surface area contributed by atoms with Crippen molar-refractivity contribution in [1.82, 2.24) is 5.32 Å². The summed E-state index contributed by atoms with van der Waals surface area (Å²) in [6.45, 7) is 4.37. The lowest BCUT2D eigenvalue weighted by Crippen LogP contribution is -2.33. The van der Waals surface area contributed by atoms with Crippen LogP contribution in [0.3, 0.4) is 0 Å². The first-order valence-corrected chi connectivity index (χ1v) is 4.69. The maximum Gasteiger partial charge on any atom is 0.303 e. The van der Waals surface area contributed by atoms with Gasteiger partial charge in [-0.25, -0.2) is 0 Å². The zero-order valence-corrected chi connectivity index (χ0v) is 8.29. The normalized spacial score (nSPS) is 15.3. The maximum atomic E-state index is 10.2. The van der Waals surface area contributed by atoms with Gasteiger partial charge in [0, 0.05) is 19.0 Å². The molecule has 0 heterocycles. The average Bonchev–Trinajstić information content (AvgIpc) is 2.10. The van der Waals surface area contributed by atoms with E-state index >= 15 is 0 Å². The van der Waals surface area contributed by atoms with Crippen molar-refractivity contribution in [1.29, 1.82) is 0 Å². The summed E-state index contributed by atoms with van der Waals surface area (Å²) in [6.07, 6.45) is 1.17. The van der Waals surface area contributed by atoms with Gasteiger partial charge < -0.3 is 15.5 Å². The maximum absolute atomic E-state index is 10.2. The lowest BCUT2D eigenvalue weighted by Gasteiger charge is -2.15. The molecule has 0 aliphatic carbocycles. The summed E-state index contributed by atoms with van der Waals surface area (Å²) in [5.41, 5.74) is 0. The molecule has 0 radical (unpaired) electrons. The van der Waals surface area contributed by atoms with Gasteiger partial charge in [-0.05, 0) is 19.8 Å². The van der Waals surface area contributed by atoms with Crippen molar-refractivity contribution in [2.45, 2.75) is 45.3 Å². The molecule has 13 heavy (non-hydrogen) atoms. The highest BCUT2D eigenvalue weighted by atomic mass is 16.4. The van der Waals surface area contributed by atoms with Crippen LogP contribution in [0.5, 0.6) is 0 Å². The number of rotatable bonds is 7. The zero-order valence-electron chi connectivity index (χ0n) is 8.29. The van der Waals surface area contributed by atoms with Gasteiger partial charge in [0.2, 0.25) is 0 Å². The molecule has 0 aliphatic heterocycles. The summed E-state index contributed by atoms with van der Waals surface area (Å²) in [5.74, 6) is -0.773. The second-order valence-electron chi connectivity index (χ2n) is 3.30. The second-order valence-corrected chi connectivity index (χ2v) is 3.30. The fraction of sp³-hybridized carbons (Fsp3) is 0.889. The Bertz CT molecular complexity index is 150. The molecule has 3 N–H and O–H groups in total. The molecule has 0 aliphatic rings. The molecule has 0 saturated heterocycles. The average molecular weight is 189 g/mol. The van der Waals surface area contributed by atoms with Crippen molar-refractivity contribution in [3.8, 4) is 0 Å². The van der Waals surface area contributed by atoms with Crippen LogP contribution in [0.2, 0.25) is 0 Å². The minimum Gasteiger partial charge on any atom is -0.481 e. The number of nitrogens with one attached hydrogen (secondary N) is 1. The van der Waals surface area contributed by atoms with Crippen LogP contribution < -0.4 is 5.32 Å². The van der Waals surface area contributed by atoms with Gasteiger partial charge in [-0.3, -0.25) is 4.79 Å². The fourth-order valence-corrected chi connectivity index (χ4v) is 0.924. The Balaban J connectivity index is 3.39. The smallest absolute Gasteiger partial charge is 0.303 e. The molecule has 0 aromatic heterocycles. The molecule has 78 valence electrons. The van der Waals surface area contributed by atoms with Gasteiger partial charge in [-0.2, -0.15) is 0 Å². The molecule has 2 atom stereocenters. The third-order valence-corrected chi connectivity index (χ3v) is 1.96. The van der Waals surface area contributed by atoms with Crippen molar-refractivity contribution >= 4 is 5.97 Å². The first kappa shape index (κ1) is 12.4. The Hall–Kier alpha value is -0.610. The van der Waals surface area contributed by atoms with Crippen LogP contribution in [0.25, 0.3) is 0 Å². The predicted molar refractivity (Wildman–Crippen MR) is 50.6 cm³/mol. The van der Waals surface area contributed by atoms with Crippen molar-refractivity contribution in [3.05, 3.63) is 0 Å². The van der Waals surface area contributed by atoms with Gasteiger partial charge in [0.25, 0.3) is 0 Å². The Morgan fingerprint density at radius 1 is 1.54 bits per heavy atom. The first-order chi connectivity index (χ1) is 6.06. The standard InChI is InChI=1S/C9H19NO3/c1-3-8(11)6-10-7(2)4-5-9(12)13/h7-8,10-11H,3-6H2,1-2H3,(H,12,13). The highest BCUT2D eigenvalue weighted by Crippen LogP contribution is 1.97. The number of aliphatic hydroxyl groups excluding tert-OH is 1. The van der Waals surface area contributed by atoms with Crippen LogP contribution >= 0.6 is 0 Å². The summed E-state index contributed by atoms with van der Waals surface area (Å²) in [6, 6.07) is 0.150. The van der Waals surface area contributed by atoms with Crippen molar-refractivity contribution in [2.24, 2.45) is 0 Å². The molecule has 0 spiro atoms. The van der Waals surface area contributed by atoms with E-state index in [0.29, 0.717) is 13.0 Å². The van der Waals surface area contributed by atoms with Crippen molar-refractivity contribution in [3.63, 3.8) is 0 Å². The molecule has 0 saturated carbocycles. The summed E-state index contributed by atoms with van der Waals surface area (Å²) >= 11 is 0. The van der Waals surface area contributed by atoms with Gasteiger partial charge in [-0.1, -0.05) is 6.92 Å². The number of aliphatic hydroxyl groups is 1. The van der Waals surface area contributed by atoms with Gasteiger partial charge in [0.1, 0.15) is 0 Å². The van der Waals surface area contributed by atoms with Crippen molar-refractivity contribution in [2.75, 3.05) is 6.54 Å². The van der Waals surface area contributed by atoms with E-state index in [2.05, 4.69) is 5.32 Å². The highest BCUT2D eigenvalue weighted by molar-refractivity contribution is 5.66. The molecule has 0 amide bonds. The SMILES string of the molecule is CCC(O)CNC(C)CCC(=O)O. The molecule has 0 aromatic carbocycles. The molecule has 0 bridgehead atoms. The lowest BCUT2D eigenvalue weighted by atomic mass is 10.1. The Morgan fingerprint density at radius 2 is 2.15 bits per heavy atom. The van der Waals surface area contributed by atoms with E-state index < -0.39 is 5.97 Å². The van der Waals surface area contributed by atoms with Crippen LogP contribution in [-0.4, -0.2) is 34.9 Å². The molecule has 2 unspecified atom stereocenters. The Kier molecular flexibility index (Phi) is 6.54. The minimum atomic E-state index is -0.773. The van der Waals surface area contributed by atoms with Crippen LogP contribution in [0.4, 0.5) is 0 Å². The number of aliphatic carboxylic acids is 1. The summed E-state index contributed by atoms with van der Waals surface area (Å²) in [5, 5.41) is 20.7. The van der Waals surface area contributed by atoms with Gasteiger partial charge in [0.15, 0.2) is 0 Å². The predicted octanol–water partition coefficient (Wildman–Crippen LogP) is 0.600. The molecule has 4 nitrogen and oxygen atoms in total. The van der Waals surface area contributed by atoms with E-state index in [1.807, 2.05) is 13.8 Å². The largest absolute Gasteiger partial charge is 0.481 e. The first-order valence-electron chi connectivity index (χ1n) is 4.69. The quantitative estimate of drug-likeness (QED) is 0.548.